The number of aryl methyl sites for hydroxylation is 1. The Morgan fingerprint density at radius 2 is 2.11 bits per heavy atom. The molecule has 0 amide bonds. The van der Waals surface area contributed by atoms with Crippen molar-refractivity contribution in [1.29, 1.82) is 0 Å². The number of aromatic nitrogens is 1. The molecule has 100 valence electrons. The predicted molar refractivity (Wildman–Crippen MR) is 72.6 cm³/mol. The maximum absolute atomic E-state index is 13.5. The molecule has 0 bridgehead atoms. The number of hydrogen-bond acceptors (Lipinski definition) is 3. The number of halogens is 1. The summed E-state index contributed by atoms with van der Waals surface area (Å²) in [6.45, 7) is 1.73. The molecule has 0 saturated carbocycles. The van der Waals surface area contributed by atoms with E-state index in [1.54, 1.807) is 32.4 Å². The molecule has 0 aliphatic heterocycles. The normalized spacial score (nSPS) is 12.2. The Labute approximate surface area is 112 Å². The van der Waals surface area contributed by atoms with Crippen LogP contribution in [-0.4, -0.2) is 12.1 Å². The van der Waals surface area contributed by atoms with Crippen molar-refractivity contribution in [2.45, 2.75) is 19.4 Å². The Morgan fingerprint density at radius 3 is 2.68 bits per heavy atom. The van der Waals surface area contributed by atoms with Crippen LogP contribution in [0, 0.1) is 12.7 Å². The molecule has 1 atom stereocenters. The Kier molecular flexibility index (Phi) is 4.12. The molecule has 4 heteroatoms. The minimum Gasteiger partial charge on any atom is -0.481 e. The maximum atomic E-state index is 13.5. The van der Waals surface area contributed by atoms with Crippen molar-refractivity contribution >= 4 is 0 Å². The van der Waals surface area contributed by atoms with Gasteiger partial charge in [0.15, 0.2) is 0 Å². The third-order valence-electron chi connectivity index (χ3n) is 3.09. The lowest BCUT2D eigenvalue weighted by Gasteiger charge is -2.13. The van der Waals surface area contributed by atoms with Gasteiger partial charge in [-0.3, -0.25) is 0 Å². The molecule has 2 rings (SSSR count). The average Bonchev–Trinajstić information content (AvgIpc) is 2.42. The zero-order chi connectivity index (χ0) is 13.8. The lowest BCUT2D eigenvalue weighted by Crippen LogP contribution is -2.14. The Morgan fingerprint density at radius 1 is 1.32 bits per heavy atom. The van der Waals surface area contributed by atoms with Crippen molar-refractivity contribution in [2.75, 3.05) is 7.11 Å². The number of hydrogen-bond donors (Lipinski definition) is 1. The Balaban J connectivity index is 2.10. The van der Waals surface area contributed by atoms with Crippen LogP contribution in [0.4, 0.5) is 4.39 Å². The average molecular weight is 260 g/mol. The molecule has 0 saturated heterocycles. The van der Waals surface area contributed by atoms with E-state index in [2.05, 4.69) is 4.98 Å². The van der Waals surface area contributed by atoms with E-state index >= 15 is 0 Å². The summed E-state index contributed by atoms with van der Waals surface area (Å²) in [6, 6.07) is 8.56. The van der Waals surface area contributed by atoms with Crippen LogP contribution in [0.2, 0.25) is 0 Å². The summed E-state index contributed by atoms with van der Waals surface area (Å²) in [6.07, 6.45) is 2.34. The van der Waals surface area contributed by atoms with Crippen LogP contribution < -0.4 is 10.5 Å². The standard InChI is InChI=1S/C15H17FN2O/c1-10-3-5-12(8-13(10)16)14(17)7-11-4-6-15(19-2)18-9-11/h3-6,8-9,14H,7,17H2,1-2H3. The summed E-state index contributed by atoms with van der Waals surface area (Å²) >= 11 is 0. The number of rotatable bonds is 4. The molecule has 0 aliphatic carbocycles. The highest BCUT2D eigenvalue weighted by atomic mass is 19.1. The van der Waals surface area contributed by atoms with Crippen molar-refractivity contribution < 1.29 is 9.13 Å². The summed E-state index contributed by atoms with van der Waals surface area (Å²) in [5.41, 5.74) is 8.50. The van der Waals surface area contributed by atoms with Gasteiger partial charge in [-0.2, -0.15) is 0 Å². The quantitative estimate of drug-likeness (QED) is 0.919. The fraction of sp³-hybridized carbons (Fsp3) is 0.267. The van der Waals surface area contributed by atoms with Gasteiger partial charge in [0.2, 0.25) is 5.88 Å². The number of nitrogens with zero attached hydrogens (tertiary/aromatic N) is 1. The fourth-order valence-corrected chi connectivity index (χ4v) is 1.86. The molecule has 0 radical (unpaired) electrons. The maximum Gasteiger partial charge on any atom is 0.212 e. The first-order valence-electron chi connectivity index (χ1n) is 6.10. The number of benzene rings is 1. The Bertz CT molecular complexity index is 555. The Hall–Kier alpha value is -1.94. The predicted octanol–water partition coefficient (Wildman–Crippen LogP) is 2.78. The van der Waals surface area contributed by atoms with Gasteiger partial charge >= 0.3 is 0 Å². The van der Waals surface area contributed by atoms with Gasteiger partial charge in [0.1, 0.15) is 5.82 Å². The van der Waals surface area contributed by atoms with E-state index in [-0.39, 0.29) is 11.9 Å². The van der Waals surface area contributed by atoms with Gasteiger partial charge in [-0.1, -0.05) is 18.2 Å². The molecule has 1 aromatic heterocycles. The number of ether oxygens (including phenoxy) is 1. The minimum atomic E-state index is -0.245. The van der Waals surface area contributed by atoms with Crippen molar-refractivity contribution in [2.24, 2.45) is 5.73 Å². The molecule has 19 heavy (non-hydrogen) atoms. The summed E-state index contributed by atoms with van der Waals surface area (Å²) in [5.74, 6) is 0.347. The van der Waals surface area contributed by atoms with E-state index in [0.717, 1.165) is 11.1 Å². The third kappa shape index (κ3) is 3.29. The highest BCUT2D eigenvalue weighted by molar-refractivity contribution is 5.27. The summed E-state index contributed by atoms with van der Waals surface area (Å²) in [5, 5.41) is 0. The zero-order valence-corrected chi connectivity index (χ0v) is 11.1. The molecule has 1 aromatic carbocycles. The van der Waals surface area contributed by atoms with Crippen molar-refractivity contribution in [3.05, 3.63) is 59.0 Å². The second-order valence-corrected chi connectivity index (χ2v) is 4.53. The molecule has 1 unspecified atom stereocenters. The van der Waals surface area contributed by atoms with Crippen LogP contribution in [0.1, 0.15) is 22.7 Å². The summed E-state index contributed by atoms with van der Waals surface area (Å²) in [4.78, 5) is 4.12. The topological polar surface area (TPSA) is 48.1 Å². The highest BCUT2D eigenvalue weighted by Crippen LogP contribution is 2.19. The van der Waals surface area contributed by atoms with Gasteiger partial charge in [0, 0.05) is 18.3 Å². The van der Waals surface area contributed by atoms with Crippen LogP contribution in [0.25, 0.3) is 0 Å². The number of methoxy groups -OCH3 is 1. The molecule has 0 aliphatic rings. The lowest BCUT2D eigenvalue weighted by molar-refractivity contribution is 0.397. The highest BCUT2D eigenvalue weighted by Gasteiger charge is 2.09. The van der Waals surface area contributed by atoms with Crippen LogP contribution in [-0.2, 0) is 6.42 Å². The lowest BCUT2D eigenvalue weighted by atomic mass is 9.99. The number of nitrogens with two attached hydrogens (primary N) is 1. The smallest absolute Gasteiger partial charge is 0.212 e. The van der Waals surface area contributed by atoms with Crippen molar-refractivity contribution in [1.82, 2.24) is 4.98 Å². The van der Waals surface area contributed by atoms with E-state index in [1.807, 2.05) is 12.1 Å². The molecule has 2 aromatic rings. The first-order valence-corrected chi connectivity index (χ1v) is 6.10. The van der Waals surface area contributed by atoms with Gasteiger partial charge < -0.3 is 10.5 Å². The molecule has 1 heterocycles. The first kappa shape index (κ1) is 13.5. The van der Waals surface area contributed by atoms with E-state index < -0.39 is 0 Å². The van der Waals surface area contributed by atoms with Gasteiger partial charge in [-0.05, 0) is 36.1 Å². The van der Waals surface area contributed by atoms with Crippen molar-refractivity contribution in [3.63, 3.8) is 0 Å². The van der Waals surface area contributed by atoms with E-state index in [4.69, 9.17) is 10.5 Å². The molecule has 3 nitrogen and oxygen atoms in total. The van der Waals surface area contributed by atoms with Crippen molar-refractivity contribution in [3.8, 4) is 5.88 Å². The summed E-state index contributed by atoms with van der Waals surface area (Å²) in [7, 11) is 1.57. The van der Waals surface area contributed by atoms with Gasteiger partial charge in [-0.25, -0.2) is 9.37 Å². The van der Waals surface area contributed by atoms with Crippen LogP contribution in [0.5, 0.6) is 5.88 Å². The SMILES string of the molecule is COc1ccc(CC(N)c2ccc(C)c(F)c2)cn1. The zero-order valence-electron chi connectivity index (χ0n) is 11.1. The van der Waals surface area contributed by atoms with Crippen LogP contribution >= 0.6 is 0 Å². The largest absolute Gasteiger partial charge is 0.481 e. The third-order valence-corrected chi connectivity index (χ3v) is 3.09. The fourth-order valence-electron chi connectivity index (χ4n) is 1.86. The minimum absolute atomic E-state index is 0.221. The second-order valence-electron chi connectivity index (χ2n) is 4.53. The molecule has 2 N–H and O–H groups in total. The van der Waals surface area contributed by atoms with Crippen LogP contribution in [0.15, 0.2) is 36.5 Å². The van der Waals surface area contributed by atoms with Gasteiger partial charge in [0.05, 0.1) is 7.11 Å². The van der Waals surface area contributed by atoms with E-state index in [9.17, 15) is 4.39 Å². The molecular formula is C15H17FN2O. The summed E-state index contributed by atoms with van der Waals surface area (Å²) < 4.78 is 18.5. The van der Waals surface area contributed by atoms with E-state index in [0.29, 0.717) is 17.9 Å². The van der Waals surface area contributed by atoms with E-state index in [1.165, 1.54) is 6.07 Å². The first-order chi connectivity index (χ1) is 9.10. The number of pyridine rings is 1. The van der Waals surface area contributed by atoms with Crippen LogP contribution in [0.3, 0.4) is 0 Å². The van der Waals surface area contributed by atoms with Gasteiger partial charge in [-0.15, -0.1) is 0 Å². The second kappa shape index (κ2) is 5.80. The van der Waals surface area contributed by atoms with Gasteiger partial charge in [0.25, 0.3) is 0 Å². The monoisotopic (exact) mass is 260 g/mol. The molecule has 0 spiro atoms. The molecular weight excluding hydrogens is 243 g/mol. The molecule has 0 fully saturated rings.